The van der Waals surface area contributed by atoms with Gasteiger partial charge in [0.05, 0.1) is 13.2 Å². The molecule has 2 aliphatic rings. The van der Waals surface area contributed by atoms with Crippen molar-refractivity contribution in [3.63, 3.8) is 0 Å². The van der Waals surface area contributed by atoms with Crippen molar-refractivity contribution in [2.45, 2.75) is 43.9 Å². The molecule has 3 nitrogen and oxygen atoms in total. The fraction of sp³-hybridized carbons (Fsp3) is 0.625. The minimum absolute atomic E-state index is 0. The van der Waals surface area contributed by atoms with Crippen molar-refractivity contribution in [2.24, 2.45) is 0 Å². The Morgan fingerprint density at radius 2 is 1.70 bits per heavy atom. The van der Waals surface area contributed by atoms with E-state index >= 15 is 0 Å². The number of hydrogen-bond acceptors (Lipinski definition) is 3. The van der Waals surface area contributed by atoms with Crippen molar-refractivity contribution in [1.29, 1.82) is 0 Å². The average molecular weight is 298 g/mol. The molecular formula is C16H24ClNO2. The van der Waals surface area contributed by atoms with Crippen LogP contribution in [-0.2, 0) is 15.0 Å². The molecule has 0 aromatic heterocycles. The SMILES string of the molecule is CNC1(c2cccc(C)c2)CCC2(CC1)OCCO2.Cl. The lowest BCUT2D eigenvalue weighted by molar-refractivity contribution is -0.186. The van der Waals surface area contributed by atoms with E-state index in [-0.39, 0.29) is 23.7 Å². The molecule has 0 radical (unpaired) electrons. The Kier molecular flexibility index (Phi) is 4.75. The van der Waals surface area contributed by atoms with Crippen LogP contribution in [-0.4, -0.2) is 26.0 Å². The van der Waals surface area contributed by atoms with Gasteiger partial charge < -0.3 is 14.8 Å². The normalized spacial score (nSPS) is 23.5. The second-order valence-electron chi connectivity index (χ2n) is 5.81. The summed E-state index contributed by atoms with van der Waals surface area (Å²) in [7, 11) is 2.07. The second-order valence-corrected chi connectivity index (χ2v) is 5.81. The zero-order chi connectivity index (χ0) is 13.3. The van der Waals surface area contributed by atoms with Gasteiger partial charge in [0.1, 0.15) is 0 Å². The van der Waals surface area contributed by atoms with Crippen molar-refractivity contribution in [3.8, 4) is 0 Å². The van der Waals surface area contributed by atoms with Crippen LogP contribution >= 0.6 is 12.4 Å². The van der Waals surface area contributed by atoms with Gasteiger partial charge in [-0.15, -0.1) is 12.4 Å². The standard InChI is InChI=1S/C16H23NO2.ClH/c1-13-4-3-5-14(12-13)15(17-2)6-8-16(9-7-15)18-10-11-19-16;/h3-5,12,17H,6-11H2,1-2H3;1H. The molecule has 20 heavy (non-hydrogen) atoms. The van der Waals surface area contributed by atoms with Crippen LogP contribution in [0.1, 0.15) is 36.8 Å². The largest absolute Gasteiger partial charge is 0.348 e. The molecule has 1 aromatic rings. The number of rotatable bonds is 2. The number of halogens is 1. The van der Waals surface area contributed by atoms with Gasteiger partial charge in [0.15, 0.2) is 5.79 Å². The first-order chi connectivity index (χ1) is 9.18. The smallest absolute Gasteiger partial charge is 0.168 e. The molecule has 1 aliphatic heterocycles. The highest BCUT2D eigenvalue weighted by Crippen LogP contribution is 2.44. The van der Waals surface area contributed by atoms with Crippen LogP contribution in [0.5, 0.6) is 0 Å². The van der Waals surface area contributed by atoms with E-state index in [4.69, 9.17) is 9.47 Å². The third kappa shape index (κ3) is 2.73. The predicted octanol–water partition coefficient (Wildman–Crippen LogP) is 3.15. The maximum Gasteiger partial charge on any atom is 0.168 e. The molecule has 1 heterocycles. The molecule has 1 N–H and O–H groups in total. The fourth-order valence-corrected chi connectivity index (χ4v) is 3.47. The van der Waals surface area contributed by atoms with Gasteiger partial charge in [0.25, 0.3) is 0 Å². The highest BCUT2D eigenvalue weighted by Gasteiger charge is 2.46. The van der Waals surface area contributed by atoms with Crippen LogP contribution < -0.4 is 5.32 Å². The quantitative estimate of drug-likeness (QED) is 0.910. The highest BCUT2D eigenvalue weighted by molar-refractivity contribution is 5.85. The highest BCUT2D eigenvalue weighted by atomic mass is 35.5. The Morgan fingerprint density at radius 3 is 2.25 bits per heavy atom. The van der Waals surface area contributed by atoms with Crippen LogP contribution in [0.15, 0.2) is 24.3 Å². The average Bonchev–Trinajstić information content (AvgIpc) is 2.89. The van der Waals surface area contributed by atoms with Crippen molar-refractivity contribution in [2.75, 3.05) is 20.3 Å². The van der Waals surface area contributed by atoms with E-state index in [1.165, 1.54) is 11.1 Å². The van der Waals surface area contributed by atoms with E-state index in [1.54, 1.807) is 0 Å². The second kappa shape index (κ2) is 6.02. The molecule has 1 aliphatic carbocycles. The first-order valence-corrected chi connectivity index (χ1v) is 7.22. The van der Waals surface area contributed by atoms with E-state index < -0.39 is 0 Å². The molecule has 1 aromatic carbocycles. The van der Waals surface area contributed by atoms with Crippen LogP contribution in [0.25, 0.3) is 0 Å². The molecule has 1 saturated carbocycles. The Bertz CT molecular complexity index is 448. The number of nitrogens with one attached hydrogen (secondary N) is 1. The van der Waals surface area contributed by atoms with Crippen LogP contribution in [0.2, 0.25) is 0 Å². The van der Waals surface area contributed by atoms with Crippen LogP contribution in [0, 0.1) is 6.92 Å². The molecule has 0 amide bonds. The maximum atomic E-state index is 5.83. The summed E-state index contributed by atoms with van der Waals surface area (Å²) in [4.78, 5) is 0. The summed E-state index contributed by atoms with van der Waals surface area (Å²) in [6.45, 7) is 3.65. The first kappa shape index (κ1) is 15.8. The van der Waals surface area contributed by atoms with E-state index in [1.807, 2.05) is 0 Å². The van der Waals surface area contributed by atoms with Crippen molar-refractivity contribution in [3.05, 3.63) is 35.4 Å². The predicted molar refractivity (Wildman–Crippen MR) is 82.3 cm³/mol. The van der Waals surface area contributed by atoms with Gasteiger partial charge in [-0.05, 0) is 32.4 Å². The summed E-state index contributed by atoms with van der Waals surface area (Å²) >= 11 is 0. The number of ether oxygens (including phenoxy) is 2. The summed E-state index contributed by atoms with van der Waals surface area (Å²) in [5.41, 5.74) is 2.79. The zero-order valence-electron chi connectivity index (χ0n) is 12.3. The molecular weight excluding hydrogens is 274 g/mol. The van der Waals surface area contributed by atoms with Crippen LogP contribution in [0.3, 0.4) is 0 Å². The minimum atomic E-state index is -0.288. The molecule has 1 saturated heterocycles. The van der Waals surface area contributed by atoms with Gasteiger partial charge in [-0.2, -0.15) is 0 Å². The topological polar surface area (TPSA) is 30.5 Å². The lowest BCUT2D eigenvalue weighted by atomic mass is 9.74. The lowest BCUT2D eigenvalue weighted by Crippen LogP contribution is -2.48. The summed E-state index contributed by atoms with van der Waals surface area (Å²) in [5, 5.41) is 3.56. The molecule has 4 heteroatoms. The van der Waals surface area contributed by atoms with E-state index in [2.05, 4.69) is 43.6 Å². The van der Waals surface area contributed by atoms with E-state index in [0.29, 0.717) is 0 Å². The molecule has 2 fully saturated rings. The lowest BCUT2D eigenvalue weighted by Gasteiger charge is -2.44. The summed E-state index contributed by atoms with van der Waals surface area (Å²) in [5.74, 6) is -0.288. The number of benzene rings is 1. The van der Waals surface area contributed by atoms with Gasteiger partial charge >= 0.3 is 0 Å². The van der Waals surface area contributed by atoms with Gasteiger partial charge in [-0.1, -0.05) is 29.8 Å². The third-order valence-corrected chi connectivity index (χ3v) is 4.73. The minimum Gasteiger partial charge on any atom is -0.348 e. The molecule has 112 valence electrons. The molecule has 1 spiro atoms. The molecule has 0 bridgehead atoms. The maximum absolute atomic E-state index is 5.83. The Hall–Kier alpha value is -0.610. The molecule has 3 rings (SSSR count). The van der Waals surface area contributed by atoms with E-state index in [0.717, 1.165) is 38.9 Å². The van der Waals surface area contributed by atoms with Gasteiger partial charge in [0.2, 0.25) is 0 Å². The van der Waals surface area contributed by atoms with Crippen molar-refractivity contribution in [1.82, 2.24) is 5.32 Å². The van der Waals surface area contributed by atoms with Crippen molar-refractivity contribution >= 4 is 12.4 Å². The van der Waals surface area contributed by atoms with E-state index in [9.17, 15) is 0 Å². The number of hydrogen-bond donors (Lipinski definition) is 1. The van der Waals surface area contributed by atoms with Gasteiger partial charge in [0, 0.05) is 18.4 Å². The number of aryl methyl sites for hydroxylation is 1. The molecule has 0 atom stereocenters. The summed E-state index contributed by atoms with van der Waals surface area (Å²) in [6.07, 6.45) is 4.07. The summed E-state index contributed by atoms with van der Waals surface area (Å²) in [6, 6.07) is 8.83. The first-order valence-electron chi connectivity index (χ1n) is 7.22. The Morgan fingerprint density at radius 1 is 1.05 bits per heavy atom. The van der Waals surface area contributed by atoms with Crippen molar-refractivity contribution < 1.29 is 9.47 Å². The summed E-state index contributed by atoms with van der Waals surface area (Å²) < 4.78 is 11.7. The Balaban J connectivity index is 0.00000147. The fourth-order valence-electron chi connectivity index (χ4n) is 3.47. The molecule has 0 unspecified atom stereocenters. The third-order valence-electron chi connectivity index (χ3n) is 4.73. The Labute approximate surface area is 127 Å². The van der Waals surface area contributed by atoms with Gasteiger partial charge in [-0.25, -0.2) is 0 Å². The monoisotopic (exact) mass is 297 g/mol. The van der Waals surface area contributed by atoms with Gasteiger partial charge in [-0.3, -0.25) is 0 Å². The van der Waals surface area contributed by atoms with Crippen LogP contribution in [0.4, 0.5) is 0 Å². The zero-order valence-corrected chi connectivity index (χ0v) is 13.1.